The maximum atomic E-state index is 5.71. The van der Waals surface area contributed by atoms with E-state index in [1.54, 1.807) is 18.2 Å². The minimum absolute atomic E-state index is 0. The van der Waals surface area contributed by atoms with E-state index in [-0.39, 0.29) is 7.43 Å². The minimum atomic E-state index is 0. The van der Waals surface area contributed by atoms with Gasteiger partial charge in [-0.3, -0.25) is 0 Å². The fraction of sp³-hybridized carbons (Fsp3) is 0. The molecule has 2 aromatic rings. The van der Waals surface area contributed by atoms with Crippen molar-refractivity contribution in [3.63, 3.8) is 0 Å². The van der Waals surface area contributed by atoms with Crippen LogP contribution < -0.4 is 0 Å². The number of benzene rings is 1. The van der Waals surface area contributed by atoms with E-state index in [4.69, 9.17) is 11.6 Å². The summed E-state index contributed by atoms with van der Waals surface area (Å²) < 4.78 is 0. The van der Waals surface area contributed by atoms with E-state index < -0.39 is 0 Å². The third-order valence-electron chi connectivity index (χ3n) is 1.72. The molecular formula is C12H11ClIN3Os-. The first-order chi connectivity index (χ1) is 8.34. The average Bonchev–Trinajstić information content (AvgIpc) is 2.40. The van der Waals surface area contributed by atoms with Crippen molar-refractivity contribution in [1.29, 1.82) is 0 Å². The molecule has 0 amide bonds. The van der Waals surface area contributed by atoms with Crippen LogP contribution in [0, 0.1) is 7.43 Å². The van der Waals surface area contributed by atoms with Gasteiger partial charge in [0.15, 0.2) is 5.82 Å². The Bertz CT molecular complexity index is 480. The van der Waals surface area contributed by atoms with Crippen molar-refractivity contribution >= 4 is 42.8 Å². The van der Waals surface area contributed by atoms with Crippen molar-refractivity contribution in [1.82, 2.24) is 4.98 Å². The van der Waals surface area contributed by atoms with Gasteiger partial charge in [-0.2, -0.15) is 0 Å². The normalized spacial score (nSPS) is 9.28. The molecule has 6 heteroatoms. The van der Waals surface area contributed by atoms with Gasteiger partial charge in [0.1, 0.15) is 5.15 Å². The molecule has 0 fully saturated rings. The number of rotatable bonds is 2. The number of pyridine rings is 1. The molecule has 18 heavy (non-hydrogen) atoms. The predicted octanol–water partition coefficient (Wildman–Crippen LogP) is 5.48. The van der Waals surface area contributed by atoms with Crippen LogP contribution >= 0.6 is 31.3 Å². The fourth-order valence-corrected chi connectivity index (χ4v) is 1.22. The molecule has 0 aliphatic carbocycles. The fourth-order valence-electron chi connectivity index (χ4n) is 1.06. The van der Waals surface area contributed by atoms with Crippen LogP contribution in [0.1, 0.15) is 0 Å². The SMILES string of the molecule is Clc1cccc(N=Nc2ccccc2)n1.[CH3-].[I][Os]. The van der Waals surface area contributed by atoms with Crippen LogP contribution in [0.5, 0.6) is 0 Å². The van der Waals surface area contributed by atoms with Crippen LogP contribution in [-0.2, 0) is 15.1 Å². The third kappa shape index (κ3) is 6.53. The summed E-state index contributed by atoms with van der Waals surface area (Å²) in [6.45, 7) is 0. The van der Waals surface area contributed by atoms with Gasteiger partial charge in [0.05, 0.1) is 5.69 Å². The van der Waals surface area contributed by atoms with Gasteiger partial charge in [-0.05, 0) is 24.3 Å². The molecule has 0 bridgehead atoms. The second kappa shape index (κ2) is 10.5. The number of aromatic nitrogens is 1. The topological polar surface area (TPSA) is 37.6 Å². The van der Waals surface area contributed by atoms with E-state index in [0.29, 0.717) is 11.0 Å². The summed E-state index contributed by atoms with van der Waals surface area (Å²) in [5.41, 5.74) is 0.791. The van der Waals surface area contributed by atoms with E-state index in [1.165, 1.54) is 0 Å². The number of nitrogens with zero attached hydrogens (tertiary/aromatic N) is 3. The van der Waals surface area contributed by atoms with Crippen molar-refractivity contribution in [3.8, 4) is 0 Å². The number of halogens is 2. The zero-order valence-corrected chi connectivity index (χ0v) is 15.0. The van der Waals surface area contributed by atoms with Gasteiger partial charge in [0.25, 0.3) is 0 Å². The van der Waals surface area contributed by atoms with Gasteiger partial charge in [0, 0.05) is 0 Å². The molecule has 0 aliphatic heterocycles. The van der Waals surface area contributed by atoms with Gasteiger partial charge in [0.2, 0.25) is 0 Å². The quantitative estimate of drug-likeness (QED) is 0.211. The summed E-state index contributed by atoms with van der Waals surface area (Å²) >= 11 is 9.72. The first-order valence-corrected chi connectivity index (χ1v) is 12.2. The molecule has 1 aromatic carbocycles. The summed E-state index contributed by atoms with van der Waals surface area (Å²) in [5, 5.41) is 8.40. The van der Waals surface area contributed by atoms with Gasteiger partial charge < -0.3 is 7.43 Å². The van der Waals surface area contributed by atoms with E-state index in [0.717, 1.165) is 5.69 Å². The number of hydrogen-bond acceptors (Lipinski definition) is 3. The Hall–Kier alpha value is -0.374. The van der Waals surface area contributed by atoms with Crippen LogP contribution in [0.3, 0.4) is 0 Å². The van der Waals surface area contributed by atoms with Crippen LogP contribution in [0.4, 0.5) is 11.5 Å². The molecule has 0 atom stereocenters. The molecule has 97 valence electrons. The van der Waals surface area contributed by atoms with E-state index in [1.807, 2.05) is 45.4 Å². The van der Waals surface area contributed by atoms with Crippen molar-refractivity contribution < 1.29 is 15.1 Å². The van der Waals surface area contributed by atoms with E-state index in [2.05, 4.69) is 34.9 Å². The molecule has 1 aromatic heterocycles. The predicted molar refractivity (Wildman–Crippen MR) is 80.3 cm³/mol. The number of azo groups is 1. The van der Waals surface area contributed by atoms with Gasteiger partial charge in [-0.25, -0.2) is 4.98 Å². The van der Waals surface area contributed by atoms with Gasteiger partial charge in [-0.1, -0.05) is 35.9 Å². The Morgan fingerprint density at radius 3 is 2.22 bits per heavy atom. The molecule has 3 nitrogen and oxygen atoms in total. The van der Waals surface area contributed by atoms with Crippen LogP contribution in [0.15, 0.2) is 58.8 Å². The first-order valence-electron chi connectivity index (χ1n) is 4.57. The molecule has 2 rings (SSSR count). The molecular weight excluding hydrogens is 539 g/mol. The van der Waals surface area contributed by atoms with Gasteiger partial charge in [-0.15, -0.1) is 10.2 Å². The van der Waals surface area contributed by atoms with Crippen LogP contribution in [-0.4, -0.2) is 4.98 Å². The van der Waals surface area contributed by atoms with E-state index >= 15 is 0 Å². The molecule has 0 N–H and O–H groups in total. The summed E-state index contributed by atoms with van der Waals surface area (Å²) in [5.74, 6) is 0.506. The van der Waals surface area contributed by atoms with Crippen LogP contribution in [0.2, 0.25) is 5.15 Å². The Morgan fingerprint density at radius 1 is 0.944 bits per heavy atom. The second-order valence-corrected chi connectivity index (χ2v) is 3.24. The molecule has 0 spiro atoms. The molecule has 0 aliphatic rings. The second-order valence-electron chi connectivity index (χ2n) is 2.85. The van der Waals surface area contributed by atoms with Crippen molar-refractivity contribution in [3.05, 3.63) is 61.1 Å². The van der Waals surface area contributed by atoms with Crippen molar-refractivity contribution in [2.75, 3.05) is 0 Å². The number of hydrogen-bond donors (Lipinski definition) is 0. The molecule has 0 radical (unpaired) electrons. The molecule has 1 heterocycles. The summed E-state index contributed by atoms with van der Waals surface area (Å²) in [6, 6.07) is 14.7. The summed E-state index contributed by atoms with van der Waals surface area (Å²) in [7, 11) is 0. The van der Waals surface area contributed by atoms with E-state index in [9.17, 15) is 0 Å². The van der Waals surface area contributed by atoms with Crippen molar-refractivity contribution in [2.45, 2.75) is 0 Å². The van der Waals surface area contributed by atoms with Crippen molar-refractivity contribution in [2.24, 2.45) is 10.2 Å². The molecule has 0 saturated heterocycles. The standard InChI is InChI=1S/C11H8ClN3.CH3.HI.Os/c12-10-7-4-8-11(13-10)15-14-9-5-2-1-3-6-9;;;/h1-8H;1H3;1H;/q;-1;;+1/p-1. The van der Waals surface area contributed by atoms with Gasteiger partial charge >= 0.3 is 34.7 Å². The zero-order valence-electron chi connectivity index (χ0n) is 9.57. The van der Waals surface area contributed by atoms with Crippen LogP contribution in [0.25, 0.3) is 0 Å². The average molecular weight is 550 g/mol. The maximum absolute atomic E-state index is 5.71. The molecule has 0 unspecified atom stereocenters. The Morgan fingerprint density at radius 2 is 1.61 bits per heavy atom. The molecule has 0 saturated carbocycles. The zero-order chi connectivity index (χ0) is 12.5. The third-order valence-corrected chi connectivity index (χ3v) is 1.94. The summed E-state index contributed by atoms with van der Waals surface area (Å²) in [6.07, 6.45) is 0. The monoisotopic (exact) mass is 551 g/mol. The Balaban J connectivity index is 0.000000917. The Kier molecular flexibility index (Phi) is 10.3. The summed E-state index contributed by atoms with van der Waals surface area (Å²) in [4.78, 5) is 3.99. The first kappa shape index (κ1) is 17.6. The Labute approximate surface area is 133 Å².